The Morgan fingerprint density at radius 3 is 1.09 bits per heavy atom. The van der Waals surface area contributed by atoms with Crippen LogP contribution in [0.1, 0.15) is 55.7 Å². The molecule has 149 heavy (non-hydrogen) atoms. The second-order valence-corrected chi connectivity index (χ2v) is 41.6. The summed E-state index contributed by atoms with van der Waals surface area (Å²) in [4.78, 5) is 99.5. The van der Waals surface area contributed by atoms with E-state index in [-0.39, 0.29) is 29.5 Å². The van der Waals surface area contributed by atoms with Crippen molar-refractivity contribution in [1.82, 2.24) is 117 Å². The Bertz CT molecular complexity index is 8910. The summed E-state index contributed by atoms with van der Waals surface area (Å²) in [5, 5.41) is 41.9. The van der Waals surface area contributed by atoms with Gasteiger partial charge in [0.05, 0.1) is 94.8 Å². The van der Waals surface area contributed by atoms with Crippen LogP contribution in [0.3, 0.4) is 0 Å². The Morgan fingerprint density at radius 1 is 0.322 bits per heavy atom. The molecule has 46 heteroatoms. The first-order valence-electron chi connectivity index (χ1n) is 46.3. The van der Waals surface area contributed by atoms with Gasteiger partial charge >= 0.3 is 0 Å². The van der Waals surface area contributed by atoms with Crippen molar-refractivity contribution in [2.75, 3.05) is 43.1 Å². The predicted molar refractivity (Wildman–Crippen MR) is 567 cm³/mol. The summed E-state index contributed by atoms with van der Waals surface area (Å²) >= 11 is 0. The molecular weight excluding hydrogens is 2020 g/mol. The number of nitrogens with zero attached hydrogens (tertiary/aromatic N) is 21. The molecule has 6 aromatic carbocycles. The minimum atomic E-state index is -1.60. The molecule has 40 nitrogen and oxygen atoms in total. The predicted octanol–water partition coefficient (Wildman–Crippen LogP) is 12.1. The number of carbonyl (C=O) groups excluding carboxylic acids is 6. The number of fused-ring (bicyclic) bond motifs is 6. The lowest BCUT2D eigenvalue weighted by atomic mass is 10.0. The van der Waals surface area contributed by atoms with Crippen LogP contribution in [0.5, 0.6) is 5.75 Å². The third kappa shape index (κ3) is 20.1. The Labute approximate surface area is 860 Å². The fraction of sp³-hybridized carbons (Fsp3) is 0.117. The lowest BCUT2D eigenvalue weighted by Gasteiger charge is -2.16. The molecule has 1 saturated carbocycles. The van der Waals surface area contributed by atoms with Crippen molar-refractivity contribution in [3.8, 4) is 78.7 Å². The topological polar surface area (TPSA) is 501 Å². The van der Waals surface area contributed by atoms with Crippen LogP contribution in [-0.2, 0) is 94.7 Å². The minimum absolute atomic E-state index is 0.305. The van der Waals surface area contributed by atoms with Crippen molar-refractivity contribution in [3.63, 3.8) is 0 Å². The first-order chi connectivity index (χ1) is 72.6. The van der Waals surface area contributed by atoms with Crippen LogP contribution in [0.25, 0.3) is 162 Å². The zero-order valence-electron chi connectivity index (χ0n) is 78.1. The van der Waals surface area contributed by atoms with E-state index in [0.29, 0.717) is 47.4 Å². The van der Waals surface area contributed by atoms with Crippen LogP contribution in [0.15, 0.2) is 299 Å². The first-order valence-corrected chi connectivity index (χ1v) is 53.2. The zero-order chi connectivity index (χ0) is 102. The maximum absolute atomic E-state index is 12.1. The van der Waals surface area contributed by atoms with Crippen molar-refractivity contribution in [2.45, 2.75) is 44.4 Å². The maximum Gasteiger partial charge on any atom is 0.258 e. The van der Waals surface area contributed by atoms with Gasteiger partial charge in [0.15, 0.2) is 96.1 Å². The van der Waals surface area contributed by atoms with Crippen LogP contribution in [0.2, 0.25) is 0 Å². The molecule has 0 spiro atoms. The molecule has 8 aliphatic heterocycles. The minimum Gasteiger partial charge on any atom is -0.495 e. The van der Waals surface area contributed by atoms with Crippen molar-refractivity contribution >= 4 is 209 Å². The number of hydrogen-bond donors (Lipinski definition) is 6. The van der Waals surface area contributed by atoms with Gasteiger partial charge in [-0.15, -0.1) is 0 Å². The summed E-state index contributed by atoms with van der Waals surface area (Å²) in [5.41, 5.74) is 17.8. The highest BCUT2D eigenvalue weighted by Gasteiger charge is 2.32. The van der Waals surface area contributed by atoms with Crippen LogP contribution in [0.4, 0.5) is 11.6 Å². The van der Waals surface area contributed by atoms with E-state index in [0.717, 1.165) is 176 Å². The van der Waals surface area contributed by atoms with Gasteiger partial charge in [0.2, 0.25) is 0 Å². The lowest BCUT2D eigenvalue weighted by Crippen LogP contribution is -2.18. The molecule has 20 heterocycles. The number of amides is 6. The van der Waals surface area contributed by atoms with Gasteiger partial charge in [-0.1, -0.05) is 78.9 Å². The van der Waals surface area contributed by atoms with Gasteiger partial charge in [0.25, 0.3) is 35.4 Å². The average molecular weight is 2100 g/mol. The van der Waals surface area contributed by atoms with E-state index in [1.54, 1.807) is 95.3 Å². The summed E-state index contributed by atoms with van der Waals surface area (Å²) in [6.07, 6.45) is 39.4. The monoisotopic (exact) mass is 2090 g/mol. The third-order valence-corrected chi connectivity index (χ3v) is 31.5. The summed E-state index contributed by atoms with van der Waals surface area (Å²) < 4.78 is 100. The van der Waals surface area contributed by atoms with Gasteiger partial charge in [-0.3, -0.25) is 77.0 Å². The molecule has 3 fully saturated rings. The second-order valence-electron chi connectivity index (χ2n) is 34.6. The second kappa shape index (κ2) is 41.3. The fourth-order valence-electron chi connectivity index (χ4n) is 17.6. The zero-order valence-corrected chi connectivity index (χ0v) is 83.0. The number of rotatable bonds is 16. The van der Waals surface area contributed by atoms with E-state index in [4.69, 9.17) is 10.00 Å². The number of anilines is 2. The summed E-state index contributed by atoms with van der Waals surface area (Å²) in [6, 6.07) is 58.7. The van der Waals surface area contributed by atoms with Gasteiger partial charge < -0.3 is 14.5 Å². The number of nitrogens with one attached hydrogen (secondary N) is 6. The Balaban J connectivity index is 0.000000101. The quantitative estimate of drug-likeness (QED) is 0.0523. The molecule has 6 N–H and O–H groups in total. The Hall–Kier alpha value is -17.9. The highest BCUT2D eigenvalue weighted by molar-refractivity contribution is 7.95. The number of nitriles is 1. The number of carbonyl (C=O) groups is 6. The summed E-state index contributed by atoms with van der Waals surface area (Å²) in [5.74, 6) is 1.05. The van der Waals surface area contributed by atoms with E-state index in [1.807, 2.05) is 152 Å². The van der Waals surface area contributed by atoms with Gasteiger partial charge in [-0.05, 0) is 163 Å². The number of methoxy groups -OCH3 is 1. The molecule has 27 rings (SSSR count). The van der Waals surface area contributed by atoms with E-state index in [9.17, 15) is 54.0 Å². The van der Waals surface area contributed by atoms with Crippen LogP contribution >= 0.6 is 0 Å². The molecule has 2 saturated heterocycles. The normalized spacial score (nSPS) is 18.4. The molecular formula is C103H79N27O13S6. The molecule has 0 radical (unpaired) electrons. The first kappa shape index (κ1) is 95.9. The standard InChI is InChI=1S/2C19H17N5O2S.C18H14N4O2S.C16H9N5O2S.C16H12N4O3S.C15H10N4O2S/c25-18-10-19(27(26)22-18)24-16-9-13(3-4-15(16)12-21-24)14-5-6-17(20-11-14)23-7-1-2-8-23;25-18-10-19(27(26)22-18)24-16-5-3-4-14(15(16)12-21-24)13-6-7-17(20-11-13)23-8-1-2-9-23;23-17-8-18(25(24)21-17)22-16-7-12(3-4-14(16)10-20-22)13-5-6-15(19-9-13)11-1-2-11;17-7-10-1-3-13(18-8-10)11-2-4-14-12(5-11)9-19-21(14)16-6-15(22)20-24(16)23;1-23-13-4-12(7-17-9-13)10-2-3-11-8-18-20(14(11)5-10)16-6-15(21)19-24(16)22;20-14-7-15(22(21)18-14)19-13-6-10(3-4-12(13)9-17-19)11-2-1-5-16-8-11/h3-6,9-12H,1-2,7-8H2,(H,22,25);3-7,10-12H,1-2,8-9H2,(H,22,25);3-11H,1-2H2,(H,21,23);1-6,8-9H,(H,20,22);2-9H,1H3,(H,19,21);1-9H,(H,18,20). The molecule has 0 bridgehead atoms. The summed E-state index contributed by atoms with van der Waals surface area (Å²) in [6.45, 7) is 4.26. The van der Waals surface area contributed by atoms with Crippen LogP contribution in [0, 0.1) is 11.3 Å². The van der Waals surface area contributed by atoms with Crippen molar-refractivity contribution in [1.29, 1.82) is 5.26 Å². The Morgan fingerprint density at radius 2 is 0.711 bits per heavy atom. The molecule has 9 aliphatic rings. The highest BCUT2D eigenvalue weighted by atomic mass is 32.2. The number of ether oxygens (including phenoxy) is 1. The van der Waals surface area contributed by atoms with Gasteiger partial charge in [0, 0.05) is 183 Å². The molecule has 1 aliphatic carbocycles. The van der Waals surface area contributed by atoms with E-state index < -0.39 is 71.8 Å². The maximum atomic E-state index is 12.1. The smallest absolute Gasteiger partial charge is 0.258 e. The SMILES string of the molecule is COc1cncc(-c2ccc3cnn(C4=CC(=O)NS4=O)c3c2)c1.N#Cc1ccc(-c2ccc3c(cnn3C3=CC(=O)NS3=O)c2)nc1.O=C1C=C(n2ncc3c(-c4ccc(N5CCCC5)nc4)cccc32)S(=O)N1.O=C1C=C(n2ncc3ccc(-c4ccc(C5CC5)nc4)cc32)S(=O)N1.O=C1C=C(n2ncc3ccc(-c4ccc(N5CCCC5)nc4)cc32)S(=O)N1.O=C1C=C(n2ncc3ccc(-c4cccnc4)cc32)S(=O)N1. The number of pyridine rings is 6. The van der Waals surface area contributed by atoms with Crippen LogP contribution < -0.4 is 42.9 Å². The molecule has 740 valence electrons. The van der Waals surface area contributed by atoms with Gasteiger partial charge in [-0.2, -0.15) is 35.9 Å². The average Bonchev–Trinajstić information content (AvgIpc) is 1.61. The number of hydrogen-bond acceptors (Lipinski definition) is 28. The molecule has 18 aromatic rings. The van der Waals surface area contributed by atoms with E-state index in [1.165, 1.54) is 95.2 Å². The highest BCUT2D eigenvalue weighted by Crippen LogP contribution is 2.41. The van der Waals surface area contributed by atoms with Crippen molar-refractivity contribution in [3.05, 3.63) is 310 Å². The fourth-order valence-corrected chi connectivity index (χ4v) is 22.8. The number of benzene rings is 6. The Kier molecular flexibility index (Phi) is 26.6. The molecule has 12 aromatic heterocycles. The van der Waals surface area contributed by atoms with Gasteiger partial charge in [0.1, 0.15) is 23.5 Å². The number of aromatic nitrogens is 18. The molecule has 6 amide bonds. The third-order valence-electron chi connectivity index (χ3n) is 25.1. The van der Waals surface area contributed by atoms with Crippen molar-refractivity contribution < 1.29 is 58.8 Å². The molecule has 6 atom stereocenters. The largest absolute Gasteiger partial charge is 0.495 e. The summed E-state index contributed by atoms with van der Waals surface area (Å²) in [7, 11) is -7.95. The van der Waals surface area contributed by atoms with E-state index >= 15 is 0 Å². The van der Waals surface area contributed by atoms with Crippen LogP contribution in [-0.4, -0.2) is 183 Å². The lowest BCUT2D eigenvalue weighted by molar-refractivity contribution is -0.115. The van der Waals surface area contributed by atoms with Crippen molar-refractivity contribution in [2.24, 2.45) is 0 Å². The van der Waals surface area contributed by atoms with E-state index in [2.05, 4.69) is 135 Å². The molecule has 6 unspecified atom stereocenters. The van der Waals surface area contributed by atoms with Gasteiger partial charge in [-0.25, -0.2) is 63.3 Å².